The van der Waals surface area contributed by atoms with E-state index in [1.54, 1.807) is 10.9 Å². The van der Waals surface area contributed by atoms with E-state index in [4.69, 9.17) is 5.73 Å². The number of anilines is 1. The molecule has 0 fully saturated rings. The highest BCUT2D eigenvalue weighted by Gasteiger charge is 2.12. The van der Waals surface area contributed by atoms with Crippen molar-refractivity contribution in [2.45, 2.75) is 0 Å². The Balaban J connectivity index is 2.09. The van der Waals surface area contributed by atoms with Crippen molar-refractivity contribution in [2.24, 2.45) is 0 Å². The zero-order valence-corrected chi connectivity index (χ0v) is 12.3. The maximum absolute atomic E-state index is 13.3. The van der Waals surface area contributed by atoms with E-state index in [2.05, 4.69) is 21.0 Å². The third kappa shape index (κ3) is 2.80. The molecule has 6 heteroatoms. The van der Waals surface area contributed by atoms with E-state index in [9.17, 15) is 8.78 Å². The van der Waals surface area contributed by atoms with Gasteiger partial charge in [-0.3, -0.25) is 0 Å². The van der Waals surface area contributed by atoms with Crippen LogP contribution in [-0.2, 0) is 0 Å². The minimum atomic E-state index is -0.665. The summed E-state index contributed by atoms with van der Waals surface area (Å²) in [5.41, 5.74) is 7.69. The van der Waals surface area contributed by atoms with Crippen molar-refractivity contribution in [3.05, 3.63) is 64.8 Å². The maximum atomic E-state index is 13.3. The predicted molar refractivity (Wildman–Crippen MR) is 81.0 cm³/mol. The summed E-state index contributed by atoms with van der Waals surface area (Å²) >= 11 is 3.38. The van der Waals surface area contributed by atoms with Crippen molar-refractivity contribution in [1.82, 2.24) is 9.78 Å². The molecule has 0 aliphatic carbocycles. The molecule has 0 unspecified atom stereocenters. The van der Waals surface area contributed by atoms with Gasteiger partial charge in [-0.1, -0.05) is 22.0 Å². The summed E-state index contributed by atoms with van der Waals surface area (Å²) in [5, 5.41) is 4.31. The van der Waals surface area contributed by atoms with E-state index in [-0.39, 0.29) is 0 Å². The minimum absolute atomic E-state index is 0.304. The molecule has 1 aromatic heterocycles. The summed E-state index contributed by atoms with van der Waals surface area (Å²) in [4.78, 5) is 0. The SMILES string of the molecule is Nc1cn(-c2cccc(Br)c2)nc1-c1cc(F)cc(F)c1. The molecular formula is C15H10BrF2N3. The molecule has 0 aliphatic rings. The molecule has 3 aromatic rings. The van der Waals surface area contributed by atoms with Crippen LogP contribution in [0.15, 0.2) is 53.1 Å². The number of nitrogen functional groups attached to an aromatic ring is 1. The Morgan fingerprint density at radius 2 is 1.76 bits per heavy atom. The van der Waals surface area contributed by atoms with E-state index in [0.29, 0.717) is 16.9 Å². The van der Waals surface area contributed by atoms with Crippen molar-refractivity contribution in [3.63, 3.8) is 0 Å². The summed E-state index contributed by atoms with van der Waals surface area (Å²) in [6.45, 7) is 0. The third-order valence-electron chi connectivity index (χ3n) is 2.95. The summed E-state index contributed by atoms with van der Waals surface area (Å²) in [5.74, 6) is -1.33. The van der Waals surface area contributed by atoms with E-state index in [1.807, 2.05) is 24.3 Å². The molecular weight excluding hydrogens is 340 g/mol. The largest absolute Gasteiger partial charge is 0.396 e. The van der Waals surface area contributed by atoms with E-state index >= 15 is 0 Å². The van der Waals surface area contributed by atoms with Gasteiger partial charge in [-0.05, 0) is 30.3 Å². The first-order chi connectivity index (χ1) is 10.0. The number of rotatable bonds is 2. The van der Waals surface area contributed by atoms with Crippen molar-refractivity contribution in [2.75, 3.05) is 5.73 Å². The summed E-state index contributed by atoms with van der Waals surface area (Å²) in [6, 6.07) is 10.7. The van der Waals surface area contributed by atoms with Gasteiger partial charge >= 0.3 is 0 Å². The lowest BCUT2D eigenvalue weighted by Crippen LogP contribution is -1.95. The van der Waals surface area contributed by atoms with Gasteiger partial charge in [0.05, 0.1) is 17.6 Å². The first kappa shape index (κ1) is 13.8. The van der Waals surface area contributed by atoms with Crippen molar-refractivity contribution in [3.8, 4) is 16.9 Å². The van der Waals surface area contributed by atoms with Gasteiger partial charge in [-0.2, -0.15) is 5.10 Å². The lowest BCUT2D eigenvalue weighted by Gasteiger charge is -2.02. The van der Waals surface area contributed by atoms with Crippen LogP contribution in [-0.4, -0.2) is 9.78 Å². The second-order valence-corrected chi connectivity index (χ2v) is 5.43. The first-order valence-corrected chi connectivity index (χ1v) is 6.90. The molecule has 3 nitrogen and oxygen atoms in total. The third-order valence-corrected chi connectivity index (χ3v) is 3.44. The van der Waals surface area contributed by atoms with Crippen LogP contribution >= 0.6 is 15.9 Å². The van der Waals surface area contributed by atoms with E-state index in [0.717, 1.165) is 16.2 Å². The van der Waals surface area contributed by atoms with Gasteiger partial charge in [0.15, 0.2) is 0 Å². The molecule has 3 rings (SSSR count). The van der Waals surface area contributed by atoms with E-state index < -0.39 is 11.6 Å². The number of hydrogen-bond donors (Lipinski definition) is 1. The van der Waals surface area contributed by atoms with Crippen LogP contribution in [0.5, 0.6) is 0 Å². The Morgan fingerprint density at radius 1 is 1.05 bits per heavy atom. The molecule has 0 amide bonds. The Morgan fingerprint density at radius 3 is 2.43 bits per heavy atom. The lowest BCUT2D eigenvalue weighted by molar-refractivity contribution is 0.584. The van der Waals surface area contributed by atoms with Crippen LogP contribution in [0, 0.1) is 11.6 Å². The molecule has 0 radical (unpaired) electrons. The van der Waals surface area contributed by atoms with Gasteiger partial charge in [-0.15, -0.1) is 0 Å². The van der Waals surface area contributed by atoms with Gasteiger partial charge in [0.25, 0.3) is 0 Å². The average molecular weight is 350 g/mol. The molecule has 106 valence electrons. The molecule has 21 heavy (non-hydrogen) atoms. The fraction of sp³-hybridized carbons (Fsp3) is 0. The number of halogens is 3. The van der Waals surface area contributed by atoms with Crippen LogP contribution < -0.4 is 5.73 Å². The fourth-order valence-electron chi connectivity index (χ4n) is 2.05. The number of benzene rings is 2. The second-order valence-electron chi connectivity index (χ2n) is 4.52. The minimum Gasteiger partial charge on any atom is -0.396 e. The highest BCUT2D eigenvalue weighted by Crippen LogP contribution is 2.27. The quantitative estimate of drug-likeness (QED) is 0.754. The van der Waals surface area contributed by atoms with Crippen LogP contribution in [0.4, 0.5) is 14.5 Å². The Bertz CT molecular complexity index is 794. The molecule has 0 spiro atoms. The lowest BCUT2D eigenvalue weighted by atomic mass is 10.1. The number of hydrogen-bond acceptors (Lipinski definition) is 2. The molecule has 2 aromatic carbocycles. The Hall–Kier alpha value is -2.21. The molecule has 0 bridgehead atoms. The smallest absolute Gasteiger partial charge is 0.126 e. The molecule has 1 heterocycles. The number of aromatic nitrogens is 2. The molecule has 0 aliphatic heterocycles. The Labute approximate surface area is 128 Å². The van der Waals surface area contributed by atoms with Gasteiger partial charge in [-0.25, -0.2) is 13.5 Å². The summed E-state index contributed by atoms with van der Waals surface area (Å²) < 4.78 is 29.1. The molecule has 0 saturated carbocycles. The molecule has 0 atom stereocenters. The summed E-state index contributed by atoms with van der Waals surface area (Å²) in [6.07, 6.45) is 1.61. The zero-order chi connectivity index (χ0) is 15.0. The van der Waals surface area contributed by atoms with Crippen molar-refractivity contribution in [1.29, 1.82) is 0 Å². The highest BCUT2D eigenvalue weighted by atomic mass is 79.9. The second kappa shape index (κ2) is 5.29. The average Bonchev–Trinajstić information content (AvgIpc) is 2.80. The highest BCUT2D eigenvalue weighted by molar-refractivity contribution is 9.10. The van der Waals surface area contributed by atoms with Gasteiger partial charge < -0.3 is 5.73 Å². The maximum Gasteiger partial charge on any atom is 0.126 e. The van der Waals surface area contributed by atoms with Gasteiger partial charge in [0.1, 0.15) is 17.3 Å². The van der Waals surface area contributed by atoms with Crippen LogP contribution in [0.25, 0.3) is 16.9 Å². The Kier molecular flexibility index (Phi) is 3.47. The topological polar surface area (TPSA) is 43.8 Å². The van der Waals surface area contributed by atoms with Crippen LogP contribution in [0.1, 0.15) is 0 Å². The number of nitrogens with two attached hydrogens (primary N) is 1. The first-order valence-electron chi connectivity index (χ1n) is 6.10. The predicted octanol–water partition coefficient (Wildman–Crippen LogP) is 4.16. The number of nitrogens with zero attached hydrogens (tertiary/aromatic N) is 2. The zero-order valence-electron chi connectivity index (χ0n) is 10.7. The monoisotopic (exact) mass is 349 g/mol. The fourth-order valence-corrected chi connectivity index (χ4v) is 2.44. The van der Waals surface area contributed by atoms with Crippen LogP contribution in [0.2, 0.25) is 0 Å². The molecule has 0 saturated heterocycles. The molecule has 2 N–H and O–H groups in total. The van der Waals surface area contributed by atoms with Gasteiger partial charge in [0.2, 0.25) is 0 Å². The van der Waals surface area contributed by atoms with Gasteiger partial charge in [0, 0.05) is 16.1 Å². The van der Waals surface area contributed by atoms with Crippen LogP contribution in [0.3, 0.4) is 0 Å². The summed E-state index contributed by atoms with van der Waals surface area (Å²) in [7, 11) is 0. The van der Waals surface area contributed by atoms with Crippen molar-refractivity contribution >= 4 is 21.6 Å². The van der Waals surface area contributed by atoms with Crippen molar-refractivity contribution < 1.29 is 8.78 Å². The standard InChI is InChI=1S/C15H10BrF2N3/c16-10-2-1-3-13(6-10)21-8-14(19)15(20-21)9-4-11(17)7-12(18)5-9/h1-8H,19H2. The normalized spacial score (nSPS) is 10.8. The van der Waals surface area contributed by atoms with E-state index in [1.165, 1.54) is 12.1 Å².